The van der Waals surface area contributed by atoms with Crippen LogP contribution in [0.2, 0.25) is 0 Å². The van der Waals surface area contributed by atoms with E-state index in [1.54, 1.807) is 17.4 Å². The Morgan fingerprint density at radius 2 is 2.00 bits per heavy atom. The van der Waals surface area contributed by atoms with E-state index in [1.165, 1.54) is 26.9 Å². The number of benzene rings is 1. The summed E-state index contributed by atoms with van der Waals surface area (Å²) in [5.41, 5.74) is 1.64. The summed E-state index contributed by atoms with van der Waals surface area (Å²) in [5.74, 6) is 0.256. The van der Waals surface area contributed by atoms with Gasteiger partial charge >= 0.3 is 0 Å². The van der Waals surface area contributed by atoms with Gasteiger partial charge in [0.05, 0.1) is 36.4 Å². The SMILES string of the molecule is CC(C)Oc1ccc(S(=O)(=O)N2CCOCC2)cc1NC(=O)CN1CCc2sccc2C1. The lowest BCUT2D eigenvalue weighted by atomic mass is 10.1. The number of sulfonamides is 1. The molecule has 174 valence electrons. The molecule has 8 nitrogen and oxygen atoms in total. The standard InChI is InChI=1S/C22H29N3O5S2/c1-16(2)30-20-4-3-18(32(27,28)25-8-10-29-11-9-25)13-19(20)23-22(26)15-24-7-5-21-17(14-24)6-12-31-21/h3-4,6,12-13,16H,5,7-11,14-15H2,1-2H3,(H,23,26). The Balaban J connectivity index is 1.51. The summed E-state index contributed by atoms with van der Waals surface area (Å²) in [6.45, 7) is 6.94. The molecule has 0 saturated carbocycles. The Hall–Kier alpha value is -1.98. The summed E-state index contributed by atoms with van der Waals surface area (Å²) in [6.07, 6.45) is 0.821. The van der Waals surface area contributed by atoms with Gasteiger partial charge in [0, 0.05) is 31.1 Å². The van der Waals surface area contributed by atoms with E-state index in [0.29, 0.717) is 37.7 Å². The molecule has 1 fully saturated rings. The number of carbonyl (C=O) groups is 1. The first-order valence-electron chi connectivity index (χ1n) is 10.8. The minimum atomic E-state index is -3.68. The zero-order valence-electron chi connectivity index (χ0n) is 18.4. The smallest absolute Gasteiger partial charge is 0.243 e. The van der Waals surface area contributed by atoms with Crippen molar-refractivity contribution in [2.75, 3.05) is 44.7 Å². The van der Waals surface area contributed by atoms with E-state index in [9.17, 15) is 13.2 Å². The van der Waals surface area contributed by atoms with Crippen molar-refractivity contribution in [3.8, 4) is 5.75 Å². The van der Waals surface area contributed by atoms with Crippen molar-refractivity contribution >= 4 is 33.0 Å². The van der Waals surface area contributed by atoms with Gasteiger partial charge in [-0.3, -0.25) is 9.69 Å². The summed E-state index contributed by atoms with van der Waals surface area (Å²) in [5, 5.41) is 4.97. The summed E-state index contributed by atoms with van der Waals surface area (Å²) < 4.78 is 38.7. The lowest BCUT2D eigenvalue weighted by Crippen LogP contribution is -2.40. The lowest BCUT2D eigenvalue weighted by Gasteiger charge is -2.27. The van der Waals surface area contributed by atoms with Gasteiger partial charge in [0.25, 0.3) is 0 Å². The number of amides is 1. The van der Waals surface area contributed by atoms with Gasteiger partial charge in [-0.15, -0.1) is 11.3 Å². The molecule has 1 N–H and O–H groups in total. The molecule has 2 aliphatic rings. The van der Waals surface area contributed by atoms with Crippen LogP contribution in [0.4, 0.5) is 5.69 Å². The molecular weight excluding hydrogens is 450 g/mol. The molecule has 2 aliphatic heterocycles. The highest BCUT2D eigenvalue weighted by atomic mass is 32.2. The Morgan fingerprint density at radius 1 is 1.22 bits per heavy atom. The van der Waals surface area contributed by atoms with Crippen LogP contribution in [-0.4, -0.2) is 69.0 Å². The molecule has 0 radical (unpaired) electrons. The molecular formula is C22H29N3O5S2. The Bertz CT molecular complexity index is 1060. The van der Waals surface area contributed by atoms with Crippen molar-refractivity contribution < 1.29 is 22.7 Å². The average Bonchev–Trinajstić information content (AvgIpc) is 3.23. The van der Waals surface area contributed by atoms with Crippen molar-refractivity contribution in [3.63, 3.8) is 0 Å². The number of ether oxygens (including phenoxy) is 2. The van der Waals surface area contributed by atoms with E-state index in [-0.39, 0.29) is 23.5 Å². The number of hydrogen-bond donors (Lipinski definition) is 1. The van der Waals surface area contributed by atoms with Gasteiger partial charge in [-0.05, 0) is 55.5 Å². The van der Waals surface area contributed by atoms with Gasteiger partial charge in [0.2, 0.25) is 15.9 Å². The largest absolute Gasteiger partial charge is 0.489 e. The number of nitrogens with zero attached hydrogens (tertiary/aromatic N) is 2. The van der Waals surface area contributed by atoms with Gasteiger partial charge < -0.3 is 14.8 Å². The molecule has 0 unspecified atom stereocenters. The van der Waals surface area contributed by atoms with E-state index in [0.717, 1.165) is 19.5 Å². The predicted octanol–water partition coefficient (Wildman–Crippen LogP) is 2.55. The zero-order valence-corrected chi connectivity index (χ0v) is 20.0. The van der Waals surface area contributed by atoms with Crippen molar-refractivity contribution in [1.82, 2.24) is 9.21 Å². The second-order valence-corrected chi connectivity index (χ2v) is 11.2. The molecule has 1 amide bonds. The number of morpholine rings is 1. The number of nitrogens with one attached hydrogen (secondary N) is 1. The summed E-state index contributed by atoms with van der Waals surface area (Å²) in [4.78, 5) is 16.5. The Morgan fingerprint density at radius 3 is 2.75 bits per heavy atom. The monoisotopic (exact) mass is 479 g/mol. The lowest BCUT2D eigenvalue weighted by molar-refractivity contribution is -0.117. The van der Waals surface area contributed by atoms with Crippen LogP contribution in [0.15, 0.2) is 34.5 Å². The predicted molar refractivity (Wildman–Crippen MR) is 124 cm³/mol. The summed E-state index contributed by atoms with van der Waals surface area (Å²) in [7, 11) is -3.68. The number of fused-ring (bicyclic) bond motifs is 1. The minimum absolute atomic E-state index is 0.119. The fourth-order valence-electron chi connectivity index (χ4n) is 3.89. The van der Waals surface area contributed by atoms with Gasteiger partial charge in [-0.25, -0.2) is 8.42 Å². The number of hydrogen-bond acceptors (Lipinski definition) is 7. The molecule has 4 rings (SSSR count). The van der Waals surface area contributed by atoms with Crippen LogP contribution in [0.25, 0.3) is 0 Å². The number of thiophene rings is 1. The third-order valence-corrected chi connectivity index (χ3v) is 8.37. The molecule has 1 aromatic carbocycles. The first-order chi connectivity index (χ1) is 15.3. The summed E-state index contributed by atoms with van der Waals surface area (Å²) in [6, 6.07) is 6.74. The topological polar surface area (TPSA) is 88.2 Å². The maximum Gasteiger partial charge on any atom is 0.243 e. The van der Waals surface area contributed by atoms with Crippen LogP contribution in [0.5, 0.6) is 5.75 Å². The molecule has 10 heteroatoms. The highest BCUT2D eigenvalue weighted by Gasteiger charge is 2.28. The van der Waals surface area contributed by atoms with Crippen LogP contribution in [-0.2, 0) is 32.5 Å². The molecule has 0 aliphatic carbocycles. The van der Waals surface area contributed by atoms with Crippen molar-refractivity contribution in [1.29, 1.82) is 0 Å². The maximum absolute atomic E-state index is 13.1. The maximum atomic E-state index is 13.1. The molecule has 1 aromatic heterocycles. The van der Waals surface area contributed by atoms with Crippen molar-refractivity contribution in [3.05, 3.63) is 40.1 Å². The second-order valence-electron chi connectivity index (χ2n) is 8.22. The Labute approximate surface area is 193 Å². The van der Waals surface area contributed by atoms with Gasteiger partial charge in [-0.1, -0.05) is 0 Å². The zero-order chi connectivity index (χ0) is 22.7. The first kappa shape index (κ1) is 23.2. The fraction of sp³-hybridized carbons (Fsp3) is 0.500. The summed E-state index contributed by atoms with van der Waals surface area (Å²) >= 11 is 1.76. The normalized spacial score (nSPS) is 17.8. The van der Waals surface area contributed by atoms with E-state index in [1.807, 2.05) is 13.8 Å². The highest BCUT2D eigenvalue weighted by Crippen LogP contribution is 2.31. The molecule has 32 heavy (non-hydrogen) atoms. The third-order valence-electron chi connectivity index (χ3n) is 5.45. The second kappa shape index (κ2) is 9.88. The average molecular weight is 480 g/mol. The van der Waals surface area contributed by atoms with Crippen LogP contribution in [0.3, 0.4) is 0 Å². The van der Waals surface area contributed by atoms with E-state index in [2.05, 4.69) is 21.7 Å². The van der Waals surface area contributed by atoms with Crippen LogP contribution in [0, 0.1) is 0 Å². The molecule has 2 aromatic rings. The molecule has 0 spiro atoms. The van der Waals surface area contributed by atoms with E-state index < -0.39 is 10.0 Å². The number of carbonyl (C=O) groups excluding carboxylic acids is 1. The van der Waals surface area contributed by atoms with Gasteiger partial charge in [0.15, 0.2) is 0 Å². The van der Waals surface area contributed by atoms with Crippen LogP contribution in [0.1, 0.15) is 24.3 Å². The number of anilines is 1. The van der Waals surface area contributed by atoms with Gasteiger partial charge in [-0.2, -0.15) is 4.31 Å². The van der Waals surface area contributed by atoms with Crippen LogP contribution < -0.4 is 10.1 Å². The van der Waals surface area contributed by atoms with Crippen LogP contribution >= 0.6 is 11.3 Å². The highest BCUT2D eigenvalue weighted by molar-refractivity contribution is 7.89. The Kier molecular flexibility index (Phi) is 7.16. The number of rotatable bonds is 7. The van der Waals surface area contributed by atoms with E-state index in [4.69, 9.17) is 9.47 Å². The molecule has 0 bridgehead atoms. The van der Waals surface area contributed by atoms with Crippen molar-refractivity contribution in [2.45, 2.75) is 37.8 Å². The molecule has 3 heterocycles. The quantitative estimate of drug-likeness (QED) is 0.657. The third kappa shape index (κ3) is 5.32. The molecule has 1 saturated heterocycles. The van der Waals surface area contributed by atoms with Gasteiger partial charge in [0.1, 0.15) is 5.75 Å². The first-order valence-corrected chi connectivity index (χ1v) is 13.1. The molecule has 0 atom stereocenters. The van der Waals surface area contributed by atoms with E-state index >= 15 is 0 Å². The fourth-order valence-corrected chi connectivity index (χ4v) is 6.22. The minimum Gasteiger partial charge on any atom is -0.489 e. The van der Waals surface area contributed by atoms with Crippen molar-refractivity contribution in [2.24, 2.45) is 0 Å².